The van der Waals surface area contributed by atoms with Crippen molar-refractivity contribution in [3.63, 3.8) is 0 Å². The molecule has 0 aromatic rings. The van der Waals surface area contributed by atoms with Gasteiger partial charge in [-0.3, -0.25) is 4.79 Å². The number of hydrogen-bond acceptors (Lipinski definition) is 3. The number of aliphatic carboxylic acids is 1. The van der Waals surface area contributed by atoms with Crippen LogP contribution in [0.5, 0.6) is 0 Å². The Morgan fingerprint density at radius 1 is 1.24 bits per heavy atom. The maximum absolute atomic E-state index is 11.5. The van der Waals surface area contributed by atoms with Crippen LogP contribution in [0, 0.1) is 0 Å². The molecule has 0 bridgehead atoms. The zero-order valence-electron chi connectivity index (χ0n) is 10.7. The van der Waals surface area contributed by atoms with E-state index in [0.717, 1.165) is 31.4 Å². The highest BCUT2D eigenvalue weighted by Gasteiger charge is 2.18. The molecular formula is C12H23NO3S. The molecule has 17 heavy (non-hydrogen) atoms. The molecule has 0 aliphatic rings. The van der Waals surface area contributed by atoms with Crippen LogP contribution in [0.1, 0.15) is 46.0 Å². The third-order valence-electron chi connectivity index (χ3n) is 2.36. The van der Waals surface area contributed by atoms with Gasteiger partial charge in [-0.25, -0.2) is 4.79 Å². The van der Waals surface area contributed by atoms with E-state index in [-0.39, 0.29) is 5.91 Å². The van der Waals surface area contributed by atoms with Gasteiger partial charge in [0.1, 0.15) is 6.04 Å². The molecule has 0 spiro atoms. The Morgan fingerprint density at radius 2 is 1.88 bits per heavy atom. The second-order valence-electron chi connectivity index (χ2n) is 4.01. The van der Waals surface area contributed by atoms with Crippen LogP contribution in [0.2, 0.25) is 0 Å². The summed E-state index contributed by atoms with van der Waals surface area (Å²) < 4.78 is 0. The van der Waals surface area contributed by atoms with E-state index in [4.69, 9.17) is 5.11 Å². The molecule has 0 radical (unpaired) electrons. The van der Waals surface area contributed by atoms with Crippen LogP contribution in [0.25, 0.3) is 0 Å². The number of amides is 1. The Hall–Kier alpha value is -0.710. The van der Waals surface area contributed by atoms with Crippen molar-refractivity contribution in [2.75, 3.05) is 11.5 Å². The van der Waals surface area contributed by atoms with Crippen molar-refractivity contribution in [2.45, 2.75) is 52.0 Å². The van der Waals surface area contributed by atoms with E-state index in [1.807, 2.05) is 6.92 Å². The summed E-state index contributed by atoms with van der Waals surface area (Å²) in [6, 6.07) is -0.728. The van der Waals surface area contributed by atoms with Crippen molar-refractivity contribution in [3.05, 3.63) is 0 Å². The summed E-state index contributed by atoms with van der Waals surface area (Å²) in [5, 5.41) is 11.5. The van der Waals surface area contributed by atoms with Crippen molar-refractivity contribution in [1.82, 2.24) is 5.32 Å². The maximum Gasteiger partial charge on any atom is 0.326 e. The Bertz CT molecular complexity index is 234. The van der Waals surface area contributed by atoms with Crippen molar-refractivity contribution >= 4 is 23.6 Å². The number of carbonyl (C=O) groups excluding carboxylic acids is 1. The summed E-state index contributed by atoms with van der Waals surface area (Å²) in [7, 11) is 0. The third-order valence-corrected chi connectivity index (χ3v) is 3.40. The molecule has 1 unspecified atom stereocenters. The summed E-state index contributed by atoms with van der Waals surface area (Å²) in [5.74, 6) is 0.201. The standard InChI is InChI=1S/C12H23NO3S/c1-3-5-7-10(12(15)16)13-11(14)9-17-8-6-4-2/h10H,3-9H2,1-2H3,(H,13,14)(H,15,16). The normalized spacial score (nSPS) is 12.1. The fraction of sp³-hybridized carbons (Fsp3) is 0.833. The number of carboxylic acid groups (broad SMARTS) is 1. The van der Waals surface area contributed by atoms with E-state index in [2.05, 4.69) is 12.2 Å². The van der Waals surface area contributed by atoms with E-state index in [1.54, 1.807) is 11.8 Å². The predicted molar refractivity (Wildman–Crippen MR) is 71.3 cm³/mol. The van der Waals surface area contributed by atoms with Gasteiger partial charge in [0.25, 0.3) is 0 Å². The van der Waals surface area contributed by atoms with Gasteiger partial charge >= 0.3 is 5.97 Å². The van der Waals surface area contributed by atoms with Gasteiger partial charge in [0.05, 0.1) is 5.75 Å². The first kappa shape index (κ1) is 16.3. The molecule has 0 saturated carbocycles. The van der Waals surface area contributed by atoms with Gasteiger partial charge in [0, 0.05) is 0 Å². The highest BCUT2D eigenvalue weighted by atomic mass is 32.2. The molecule has 5 heteroatoms. The molecule has 4 nitrogen and oxygen atoms in total. The second kappa shape index (κ2) is 10.4. The van der Waals surface area contributed by atoms with Gasteiger partial charge in [-0.15, -0.1) is 0 Å². The zero-order valence-corrected chi connectivity index (χ0v) is 11.5. The van der Waals surface area contributed by atoms with Gasteiger partial charge in [0.2, 0.25) is 5.91 Å². The minimum atomic E-state index is -0.939. The first-order chi connectivity index (χ1) is 8.11. The number of carboxylic acids is 1. The van der Waals surface area contributed by atoms with E-state index < -0.39 is 12.0 Å². The summed E-state index contributed by atoms with van der Waals surface area (Å²) in [6.45, 7) is 4.10. The van der Waals surface area contributed by atoms with Gasteiger partial charge in [-0.2, -0.15) is 11.8 Å². The molecule has 0 aromatic carbocycles. The SMILES string of the molecule is CCCCSCC(=O)NC(CCCC)C(=O)O. The largest absolute Gasteiger partial charge is 0.480 e. The topological polar surface area (TPSA) is 66.4 Å². The van der Waals surface area contributed by atoms with Crippen LogP contribution in [0.15, 0.2) is 0 Å². The monoisotopic (exact) mass is 261 g/mol. The van der Waals surface area contributed by atoms with Crippen molar-refractivity contribution in [1.29, 1.82) is 0 Å². The van der Waals surface area contributed by atoms with Crippen LogP contribution in [-0.4, -0.2) is 34.5 Å². The first-order valence-corrected chi connectivity index (χ1v) is 7.37. The van der Waals surface area contributed by atoms with Gasteiger partial charge in [-0.1, -0.05) is 33.1 Å². The predicted octanol–water partition coefficient (Wildman–Crippen LogP) is 2.28. The van der Waals surface area contributed by atoms with Crippen molar-refractivity contribution in [3.8, 4) is 0 Å². The van der Waals surface area contributed by atoms with Gasteiger partial charge < -0.3 is 10.4 Å². The molecule has 0 aliphatic heterocycles. The van der Waals surface area contributed by atoms with Gasteiger partial charge in [0.15, 0.2) is 0 Å². The number of rotatable bonds is 10. The second-order valence-corrected chi connectivity index (χ2v) is 5.11. The molecule has 0 aliphatic carbocycles. The number of hydrogen-bond donors (Lipinski definition) is 2. The van der Waals surface area contributed by atoms with E-state index in [0.29, 0.717) is 12.2 Å². The van der Waals surface area contributed by atoms with Crippen LogP contribution in [-0.2, 0) is 9.59 Å². The lowest BCUT2D eigenvalue weighted by atomic mass is 10.1. The Balaban J connectivity index is 3.83. The van der Waals surface area contributed by atoms with Crippen LogP contribution < -0.4 is 5.32 Å². The fourth-order valence-corrected chi connectivity index (χ4v) is 2.22. The lowest BCUT2D eigenvalue weighted by molar-refractivity contribution is -0.141. The molecule has 0 rings (SSSR count). The zero-order chi connectivity index (χ0) is 13.1. The minimum absolute atomic E-state index is 0.172. The molecule has 2 N–H and O–H groups in total. The first-order valence-electron chi connectivity index (χ1n) is 6.21. The Kier molecular flexibility index (Phi) is 10.0. The molecule has 0 heterocycles. The van der Waals surface area contributed by atoms with Gasteiger partial charge in [-0.05, 0) is 18.6 Å². The molecule has 0 fully saturated rings. The fourth-order valence-electron chi connectivity index (χ4n) is 1.31. The quantitative estimate of drug-likeness (QED) is 0.592. The van der Waals surface area contributed by atoms with Crippen LogP contribution >= 0.6 is 11.8 Å². The molecule has 100 valence electrons. The third kappa shape index (κ3) is 9.03. The molecular weight excluding hydrogens is 238 g/mol. The summed E-state index contributed by atoms with van der Waals surface area (Å²) in [6.07, 6.45) is 4.47. The Morgan fingerprint density at radius 3 is 2.41 bits per heavy atom. The van der Waals surface area contributed by atoms with Crippen LogP contribution in [0.3, 0.4) is 0 Å². The lowest BCUT2D eigenvalue weighted by Crippen LogP contribution is -2.41. The molecule has 1 atom stereocenters. The number of unbranched alkanes of at least 4 members (excludes halogenated alkanes) is 2. The Labute approximate surface area is 108 Å². The number of thioether (sulfide) groups is 1. The summed E-state index contributed by atoms with van der Waals surface area (Å²) in [4.78, 5) is 22.4. The van der Waals surface area contributed by atoms with E-state index in [1.165, 1.54) is 0 Å². The smallest absolute Gasteiger partial charge is 0.326 e. The molecule has 0 aromatic heterocycles. The minimum Gasteiger partial charge on any atom is -0.480 e. The summed E-state index contributed by atoms with van der Waals surface area (Å²) >= 11 is 1.56. The van der Waals surface area contributed by atoms with E-state index in [9.17, 15) is 9.59 Å². The van der Waals surface area contributed by atoms with E-state index >= 15 is 0 Å². The highest BCUT2D eigenvalue weighted by molar-refractivity contribution is 7.99. The lowest BCUT2D eigenvalue weighted by Gasteiger charge is -2.13. The van der Waals surface area contributed by atoms with Crippen LogP contribution in [0.4, 0.5) is 0 Å². The number of nitrogens with one attached hydrogen (secondary N) is 1. The molecule has 0 saturated heterocycles. The van der Waals surface area contributed by atoms with Crippen molar-refractivity contribution < 1.29 is 14.7 Å². The average Bonchev–Trinajstić information content (AvgIpc) is 2.29. The average molecular weight is 261 g/mol. The number of carbonyl (C=O) groups is 2. The molecule has 1 amide bonds. The highest BCUT2D eigenvalue weighted by Crippen LogP contribution is 2.05. The summed E-state index contributed by atoms with van der Waals surface area (Å²) in [5.41, 5.74) is 0. The van der Waals surface area contributed by atoms with Crippen molar-refractivity contribution in [2.24, 2.45) is 0 Å². The maximum atomic E-state index is 11.5.